The van der Waals surface area contributed by atoms with E-state index >= 15 is 0 Å². The SMILES string of the molecule is c1ccc(-c2c3ccccc3c(-c3ccccc3)c3cc(-c4cc5c6cnccc6n(-c6cccc7c6oc6ccccc67)c5c5ccccc45)ccc23)cc1. The summed E-state index contributed by atoms with van der Waals surface area (Å²) in [6.45, 7) is 0. The van der Waals surface area contributed by atoms with E-state index in [9.17, 15) is 0 Å². The van der Waals surface area contributed by atoms with Crippen molar-refractivity contribution >= 4 is 76.1 Å². The average molecular weight is 713 g/mol. The first-order valence-electron chi connectivity index (χ1n) is 19.1. The van der Waals surface area contributed by atoms with Crippen LogP contribution in [-0.4, -0.2) is 9.55 Å². The number of para-hydroxylation sites is 2. The Morgan fingerprint density at radius 2 is 1.00 bits per heavy atom. The van der Waals surface area contributed by atoms with Crippen LogP contribution in [-0.2, 0) is 0 Å². The molecule has 3 aromatic heterocycles. The van der Waals surface area contributed by atoms with Crippen LogP contribution in [0.2, 0.25) is 0 Å². The van der Waals surface area contributed by atoms with E-state index in [1.165, 1.54) is 65.7 Å². The zero-order valence-corrected chi connectivity index (χ0v) is 30.3. The second-order valence-electron chi connectivity index (χ2n) is 14.6. The smallest absolute Gasteiger partial charge is 0.159 e. The zero-order chi connectivity index (χ0) is 36.7. The van der Waals surface area contributed by atoms with Gasteiger partial charge in [-0.3, -0.25) is 4.98 Å². The molecule has 3 heterocycles. The predicted molar refractivity (Wildman–Crippen MR) is 235 cm³/mol. The van der Waals surface area contributed by atoms with Gasteiger partial charge in [-0.25, -0.2) is 0 Å². The first kappa shape index (κ1) is 30.9. The first-order valence-corrected chi connectivity index (χ1v) is 19.1. The van der Waals surface area contributed by atoms with Gasteiger partial charge in [-0.2, -0.15) is 0 Å². The second-order valence-corrected chi connectivity index (χ2v) is 14.6. The number of pyridine rings is 1. The molecule has 56 heavy (non-hydrogen) atoms. The number of hydrogen-bond acceptors (Lipinski definition) is 2. The summed E-state index contributed by atoms with van der Waals surface area (Å²) in [6, 6.07) is 65.8. The number of rotatable bonds is 4. The number of benzene rings is 9. The highest BCUT2D eigenvalue weighted by atomic mass is 16.3. The molecular weight excluding hydrogens is 681 g/mol. The Labute approximate surface area is 322 Å². The Hall–Kier alpha value is -7.49. The van der Waals surface area contributed by atoms with Gasteiger partial charge in [0.1, 0.15) is 5.58 Å². The van der Waals surface area contributed by atoms with E-state index in [4.69, 9.17) is 4.42 Å². The molecule has 0 bridgehead atoms. The molecule has 3 heteroatoms. The van der Waals surface area contributed by atoms with E-state index in [0.29, 0.717) is 0 Å². The predicted octanol–water partition coefficient (Wildman–Crippen LogP) is 14.5. The van der Waals surface area contributed by atoms with Gasteiger partial charge in [0.25, 0.3) is 0 Å². The molecule has 0 unspecified atom stereocenters. The van der Waals surface area contributed by atoms with Gasteiger partial charge in [0.05, 0.1) is 16.7 Å². The Bertz CT molecular complexity index is 3520. The fourth-order valence-corrected chi connectivity index (χ4v) is 9.29. The van der Waals surface area contributed by atoms with Crippen molar-refractivity contribution in [1.82, 2.24) is 9.55 Å². The molecule has 0 spiro atoms. The summed E-state index contributed by atoms with van der Waals surface area (Å²) in [5, 5.41) is 11.8. The highest BCUT2D eigenvalue weighted by Crippen LogP contribution is 2.47. The molecule has 260 valence electrons. The summed E-state index contributed by atoms with van der Waals surface area (Å²) in [5.74, 6) is 0. The van der Waals surface area contributed by atoms with E-state index in [1.807, 2.05) is 18.5 Å². The van der Waals surface area contributed by atoms with E-state index < -0.39 is 0 Å². The fourth-order valence-electron chi connectivity index (χ4n) is 9.29. The maximum Gasteiger partial charge on any atom is 0.159 e. The van der Waals surface area contributed by atoms with Crippen LogP contribution in [0.5, 0.6) is 0 Å². The summed E-state index contributed by atoms with van der Waals surface area (Å²) in [6.07, 6.45) is 3.90. The van der Waals surface area contributed by atoms with Crippen molar-refractivity contribution in [2.45, 2.75) is 0 Å². The molecule has 0 atom stereocenters. The third kappa shape index (κ3) is 4.43. The lowest BCUT2D eigenvalue weighted by Crippen LogP contribution is -1.96. The first-order chi connectivity index (χ1) is 27.8. The number of hydrogen-bond donors (Lipinski definition) is 0. The summed E-state index contributed by atoms with van der Waals surface area (Å²) >= 11 is 0. The lowest BCUT2D eigenvalue weighted by atomic mass is 9.84. The lowest BCUT2D eigenvalue weighted by Gasteiger charge is -2.19. The molecule has 12 aromatic rings. The molecule has 0 N–H and O–H groups in total. The standard InChI is InChI=1S/C53H32N2O/c1-3-14-33(15-4-1)50-38-20-8-9-21-39(38)51(34-16-5-2-6-17-34)44-30-35(26-27-40(44)50)43-31-45-46-32-54-29-28-47(46)55(52(45)41-22-10-7-18-36(41)43)48-24-13-23-42-37-19-11-12-25-49(37)56-53(42)48/h1-32H. The van der Waals surface area contributed by atoms with Gasteiger partial charge in [-0.05, 0) is 90.6 Å². The van der Waals surface area contributed by atoms with Gasteiger partial charge in [-0.1, -0.05) is 152 Å². The Kier molecular flexibility index (Phi) is 6.63. The van der Waals surface area contributed by atoms with Gasteiger partial charge in [0.2, 0.25) is 0 Å². The van der Waals surface area contributed by atoms with Crippen molar-refractivity contribution < 1.29 is 4.42 Å². The second kappa shape index (κ2) is 12.0. The van der Waals surface area contributed by atoms with E-state index in [1.54, 1.807) is 0 Å². The molecular formula is C53H32N2O. The number of aromatic nitrogens is 2. The van der Waals surface area contributed by atoms with Crippen molar-refractivity contribution in [3.05, 3.63) is 194 Å². The van der Waals surface area contributed by atoms with Crippen LogP contribution in [0, 0.1) is 0 Å². The minimum atomic E-state index is 0.877. The summed E-state index contributed by atoms with van der Waals surface area (Å²) in [4.78, 5) is 4.67. The normalized spacial score (nSPS) is 11.9. The van der Waals surface area contributed by atoms with Gasteiger partial charge < -0.3 is 8.98 Å². The van der Waals surface area contributed by atoms with Crippen molar-refractivity contribution in [3.63, 3.8) is 0 Å². The van der Waals surface area contributed by atoms with Crippen molar-refractivity contribution in [2.75, 3.05) is 0 Å². The van der Waals surface area contributed by atoms with Gasteiger partial charge in [0.15, 0.2) is 5.58 Å². The number of furan rings is 1. The number of fused-ring (bicyclic) bond motifs is 10. The van der Waals surface area contributed by atoms with Crippen LogP contribution < -0.4 is 0 Å². The molecule has 9 aromatic carbocycles. The lowest BCUT2D eigenvalue weighted by molar-refractivity contribution is 0.666. The zero-order valence-electron chi connectivity index (χ0n) is 30.3. The van der Waals surface area contributed by atoms with Gasteiger partial charge in [0, 0.05) is 39.3 Å². The molecule has 0 aliphatic rings. The largest absolute Gasteiger partial charge is 0.454 e. The minimum absolute atomic E-state index is 0.877. The molecule has 0 saturated carbocycles. The maximum absolute atomic E-state index is 6.63. The van der Waals surface area contributed by atoms with Gasteiger partial charge >= 0.3 is 0 Å². The monoisotopic (exact) mass is 712 g/mol. The molecule has 12 rings (SSSR count). The van der Waals surface area contributed by atoms with Crippen LogP contribution in [0.25, 0.3) is 115 Å². The third-order valence-electron chi connectivity index (χ3n) is 11.7. The van der Waals surface area contributed by atoms with Crippen LogP contribution >= 0.6 is 0 Å². The molecule has 0 aliphatic carbocycles. The van der Waals surface area contributed by atoms with Crippen LogP contribution in [0.15, 0.2) is 199 Å². The van der Waals surface area contributed by atoms with E-state index in [0.717, 1.165) is 49.4 Å². The molecule has 0 saturated heterocycles. The van der Waals surface area contributed by atoms with Crippen LogP contribution in [0.4, 0.5) is 0 Å². The third-order valence-corrected chi connectivity index (χ3v) is 11.7. The fraction of sp³-hybridized carbons (Fsp3) is 0. The Balaban J connectivity index is 1.19. The van der Waals surface area contributed by atoms with Gasteiger partial charge in [-0.15, -0.1) is 0 Å². The average Bonchev–Trinajstić information content (AvgIpc) is 3.82. The van der Waals surface area contributed by atoms with Crippen molar-refractivity contribution in [3.8, 4) is 39.1 Å². The minimum Gasteiger partial charge on any atom is -0.454 e. The molecule has 0 fully saturated rings. The quantitative estimate of drug-likeness (QED) is 0.170. The Morgan fingerprint density at radius 3 is 1.75 bits per heavy atom. The van der Waals surface area contributed by atoms with E-state index in [2.05, 4.69) is 185 Å². The molecule has 0 radical (unpaired) electrons. The highest BCUT2D eigenvalue weighted by molar-refractivity contribution is 6.25. The topological polar surface area (TPSA) is 31.0 Å². The maximum atomic E-state index is 6.63. The molecule has 0 aliphatic heterocycles. The van der Waals surface area contributed by atoms with Crippen molar-refractivity contribution in [2.24, 2.45) is 0 Å². The molecule has 0 amide bonds. The number of nitrogens with zero attached hydrogens (tertiary/aromatic N) is 2. The van der Waals surface area contributed by atoms with Crippen LogP contribution in [0.1, 0.15) is 0 Å². The summed E-state index contributed by atoms with van der Waals surface area (Å²) < 4.78 is 9.02. The van der Waals surface area contributed by atoms with E-state index in [-0.39, 0.29) is 0 Å². The Morgan fingerprint density at radius 1 is 0.393 bits per heavy atom. The van der Waals surface area contributed by atoms with Crippen LogP contribution in [0.3, 0.4) is 0 Å². The van der Waals surface area contributed by atoms with Crippen molar-refractivity contribution in [1.29, 1.82) is 0 Å². The molecule has 3 nitrogen and oxygen atoms in total. The highest BCUT2D eigenvalue weighted by Gasteiger charge is 2.22. The summed E-state index contributed by atoms with van der Waals surface area (Å²) in [5.41, 5.74) is 12.3. The summed E-state index contributed by atoms with van der Waals surface area (Å²) in [7, 11) is 0.